The minimum atomic E-state index is -1.11. The van der Waals surface area contributed by atoms with Crippen molar-refractivity contribution in [3.05, 3.63) is 34.0 Å². The Balaban J connectivity index is 2.84. The van der Waals surface area contributed by atoms with Gasteiger partial charge in [-0.15, -0.1) is 11.3 Å². The molecule has 0 saturated heterocycles. The van der Waals surface area contributed by atoms with Crippen LogP contribution in [0.2, 0.25) is 0 Å². The van der Waals surface area contributed by atoms with Gasteiger partial charge in [0.15, 0.2) is 6.29 Å². The van der Waals surface area contributed by atoms with E-state index in [1.165, 1.54) is 7.11 Å². The Morgan fingerprint density at radius 3 is 2.80 bits per heavy atom. The molecule has 1 aromatic rings. The van der Waals surface area contributed by atoms with E-state index in [4.69, 9.17) is 0 Å². The average molecular weight is 226 g/mol. The van der Waals surface area contributed by atoms with Crippen molar-refractivity contribution in [2.45, 2.75) is 6.10 Å². The molecular weight excluding hydrogens is 216 g/mol. The number of carbonyl (C=O) groups is 2. The Bertz CT molecular complexity index is 394. The van der Waals surface area contributed by atoms with Crippen LogP contribution in [0.15, 0.2) is 24.3 Å². The highest BCUT2D eigenvalue weighted by Crippen LogP contribution is 2.27. The fourth-order valence-electron chi connectivity index (χ4n) is 0.993. The second-order valence-electron chi connectivity index (χ2n) is 2.78. The highest BCUT2D eigenvalue weighted by molar-refractivity contribution is 7.13. The summed E-state index contributed by atoms with van der Waals surface area (Å²) in [7, 11) is 1.21. The summed E-state index contributed by atoms with van der Waals surface area (Å²) in [5.74, 6) is -0.663. The number of thiophene rings is 1. The first-order valence-electron chi connectivity index (χ1n) is 4.10. The van der Waals surface area contributed by atoms with Crippen molar-refractivity contribution in [2.24, 2.45) is 0 Å². The Morgan fingerprint density at radius 1 is 1.67 bits per heavy atom. The summed E-state index contributed by atoms with van der Waals surface area (Å²) in [6.07, 6.45) is -0.432. The molecule has 0 aliphatic rings. The molecule has 0 bridgehead atoms. The van der Waals surface area contributed by atoms with Gasteiger partial charge in [-0.05, 0) is 12.1 Å². The predicted octanol–water partition coefficient (Wildman–Crippen LogP) is 1.32. The molecule has 1 N–H and O–H groups in total. The Morgan fingerprint density at radius 2 is 2.33 bits per heavy atom. The van der Waals surface area contributed by atoms with Crippen molar-refractivity contribution in [2.75, 3.05) is 7.11 Å². The van der Waals surface area contributed by atoms with Crippen LogP contribution in [-0.2, 0) is 9.53 Å². The van der Waals surface area contributed by atoms with Crippen LogP contribution >= 0.6 is 11.3 Å². The number of methoxy groups -OCH3 is 1. The van der Waals surface area contributed by atoms with Crippen molar-refractivity contribution in [3.63, 3.8) is 0 Å². The smallest absolute Gasteiger partial charge is 0.336 e. The minimum absolute atomic E-state index is 0.0446. The number of carbonyl (C=O) groups excluding carboxylic acids is 2. The molecule has 0 aliphatic carbocycles. The first-order valence-corrected chi connectivity index (χ1v) is 4.92. The standard InChI is InChI=1S/C10H10O4S/c1-6(10(13)14-2)9(12)8-4-3-7(5-11)15-8/h3-5,9,12H,1H2,2H3. The molecule has 0 spiro atoms. The van der Waals surface area contributed by atoms with E-state index in [0.29, 0.717) is 16.0 Å². The minimum Gasteiger partial charge on any atom is -0.466 e. The van der Waals surface area contributed by atoms with E-state index in [0.717, 1.165) is 11.3 Å². The van der Waals surface area contributed by atoms with E-state index < -0.39 is 12.1 Å². The molecule has 1 unspecified atom stereocenters. The van der Waals surface area contributed by atoms with E-state index in [2.05, 4.69) is 11.3 Å². The van der Waals surface area contributed by atoms with Crippen LogP contribution < -0.4 is 0 Å². The zero-order valence-electron chi connectivity index (χ0n) is 8.10. The van der Waals surface area contributed by atoms with E-state index in [1.54, 1.807) is 12.1 Å². The van der Waals surface area contributed by atoms with E-state index in [-0.39, 0.29) is 5.57 Å². The van der Waals surface area contributed by atoms with Gasteiger partial charge in [-0.2, -0.15) is 0 Å². The molecule has 15 heavy (non-hydrogen) atoms. The largest absolute Gasteiger partial charge is 0.466 e. The molecule has 1 atom stereocenters. The van der Waals surface area contributed by atoms with Gasteiger partial charge in [0.05, 0.1) is 17.6 Å². The van der Waals surface area contributed by atoms with Gasteiger partial charge in [-0.25, -0.2) is 4.79 Å². The number of aliphatic hydroxyl groups is 1. The van der Waals surface area contributed by atoms with Gasteiger partial charge >= 0.3 is 5.97 Å². The lowest BCUT2D eigenvalue weighted by molar-refractivity contribution is -0.137. The van der Waals surface area contributed by atoms with Crippen LogP contribution in [0.5, 0.6) is 0 Å². The van der Waals surface area contributed by atoms with Crippen LogP contribution in [-0.4, -0.2) is 24.5 Å². The van der Waals surface area contributed by atoms with Crippen LogP contribution in [0.3, 0.4) is 0 Å². The lowest BCUT2D eigenvalue weighted by atomic mass is 10.1. The molecule has 4 nitrogen and oxygen atoms in total. The summed E-state index contributed by atoms with van der Waals surface area (Å²) in [4.78, 5) is 22.5. The molecule has 1 heterocycles. The highest BCUT2D eigenvalue weighted by Gasteiger charge is 2.20. The zero-order chi connectivity index (χ0) is 11.4. The lowest BCUT2D eigenvalue weighted by Crippen LogP contribution is -2.10. The zero-order valence-corrected chi connectivity index (χ0v) is 8.91. The van der Waals surface area contributed by atoms with Gasteiger partial charge in [0.1, 0.15) is 6.10 Å². The summed E-state index contributed by atoms with van der Waals surface area (Å²) in [6.45, 7) is 3.43. The molecule has 5 heteroatoms. The molecule has 0 fully saturated rings. The lowest BCUT2D eigenvalue weighted by Gasteiger charge is -2.09. The fraction of sp³-hybridized carbons (Fsp3) is 0.200. The maximum atomic E-state index is 11.1. The molecule has 0 amide bonds. The predicted molar refractivity (Wildman–Crippen MR) is 55.8 cm³/mol. The Labute approximate surface area is 90.8 Å². The molecule has 1 aromatic heterocycles. The molecule has 0 saturated carbocycles. The SMILES string of the molecule is C=C(C(=O)OC)C(O)c1ccc(C=O)s1. The number of rotatable bonds is 4. The summed E-state index contributed by atoms with van der Waals surface area (Å²) in [6, 6.07) is 3.15. The first kappa shape index (κ1) is 11.6. The maximum Gasteiger partial charge on any atom is 0.336 e. The number of esters is 1. The summed E-state index contributed by atoms with van der Waals surface area (Å²) in [5.41, 5.74) is -0.0446. The second-order valence-corrected chi connectivity index (χ2v) is 3.92. The number of aldehydes is 1. The quantitative estimate of drug-likeness (QED) is 0.478. The van der Waals surface area contributed by atoms with Crippen LogP contribution in [0, 0.1) is 0 Å². The van der Waals surface area contributed by atoms with Gasteiger partial charge in [0.25, 0.3) is 0 Å². The highest BCUT2D eigenvalue weighted by atomic mass is 32.1. The molecule has 1 rings (SSSR count). The van der Waals surface area contributed by atoms with Gasteiger partial charge < -0.3 is 9.84 Å². The third kappa shape index (κ3) is 2.51. The Hall–Kier alpha value is -1.46. The summed E-state index contributed by atoms with van der Waals surface area (Å²) < 4.78 is 4.42. The van der Waals surface area contributed by atoms with Gasteiger partial charge in [-0.3, -0.25) is 4.79 Å². The monoisotopic (exact) mass is 226 g/mol. The molecular formula is C10H10O4S. The van der Waals surface area contributed by atoms with Crippen molar-refractivity contribution < 1.29 is 19.4 Å². The summed E-state index contributed by atoms with van der Waals surface area (Å²) in [5, 5.41) is 9.69. The van der Waals surface area contributed by atoms with E-state index >= 15 is 0 Å². The van der Waals surface area contributed by atoms with Gasteiger partial charge in [-0.1, -0.05) is 6.58 Å². The normalized spacial score (nSPS) is 11.9. The number of aliphatic hydroxyl groups excluding tert-OH is 1. The number of hydrogen-bond donors (Lipinski definition) is 1. The van der Waals surface area contributed by atoms with Crippen molar-refractivity contribution in [1.29, 1.82) is 0 Å². The van der Waals surface area contributed by atoms with Crippen LogP contribution in [0.1, 0.15) is 20.7 Å². The van der Waals surface area contributed by atoms with Crippen molar-refractivity contribution in [3.8, 4) is 0 Å². The number of hydrogen-bond acceptors (Lipinski definition) is 5. The maximum absolute atomic E-state index is 11.1. The van der Waals surface area contributed by atoms with Crippen molar-refractivity contribution in [1.82, 2.24) is 0 Å². The second kappa shape index (κ2) is 4.86. The number of ether oxygens (including phenoxy) is 1. The van der Waals surface area contributed by atoms with Gasteiger partial charge in [0.2, 0.25) is 0 Å². The van der Waals surface area contributed by atoms with Crippen LogP contribution in [0.4, 0.5) is 0 Å². The summed E-state index contributed by atoms with van der Waals surface area (Å²) >= 11 is 1.11. The average Bonchev–Trinajstić information content (AvgIpc) is 2.74. The molecule has 0 aromatic carbocycles. The molecule has 80 valence electrons. The molecule has 0 radical (unpaired) electrons. The fourth-order valence-corrected chi connectivity index (χ4v) is 1.84. The first-order chi connectivity index (χ1) is 7.10. The van der Waals surface area contributed by atoms with E-state index in [9.17, 15) is 14.7 Å². The third-order valence-electron chi connectivity index (χ3n) is 1.81. The van der Waals surface area contributed by atoms with Crippen LogP contribution in [0.25, 0.3) is 0 Å². The van der Waals surface area contributed by atoms with Gasteiger partial charge in [0, 0.05) is 4.88 Å². The topological polar surface area (TPSA) is 63.6 Å². The van der Waals surface area contributed by atoms with E-state index in [1.807, 2.05) is 0 Å². The molecule has 0 aliphatic heterocycles. The van der Waals surface area contributed by atoms with Crippen molar-refractivity contribution >= 4 is 23.6 Å². The Kier molecular flexibility index (Phi) is 3.76. The third-order valence-corrected chi connectivity index (χ3v) is 2.87.